The first kappa shape index (κ1) is 19.8. The lowest BCUT2D eigenvalue weighted by Crippen LogP contribution is -2.43. The standard InChI is InChI=1S/C22H16ClN5OS/c23-15-5-7-16(8-6-15)25-22(30)28-27-21(29)18-13-20(14-9-11-24-12-10-14)26-19-4-2-1-3-17(18)19/h1-13H,(H,27,29)(H2,25,28,30). The Morgan fingerprint density at radius 2 is 1.67 bits per heavy atom. The summed E-state index contributed by atoms with van der Waals surface area (Å²) in [6.45, 7) is 0. The van der Waals surface area contributed by atoms with E-state index < -0.39 is 0 Å². The lowest BCUT2D eigenvalue weighted by molar-refractivity contribution is 0.0946. The van der Waals surface area contributed by atoms with E-state index in [1.807, 2.05) is 36.4 Å². The molecule has 0 atom stereocenters. The van der Waals surface area contributed by atoms with Crippen molar-refractivity contribution in [1.82, 2.24) is 20.8 Å². The molecule has 0 bridgehead atoms. The molecule has 6 nitrogen and oxygen atoms in total. The summed E-state index contributed by atoms with van der Waals surface area (Å²) in [4.78, 5) is 21.6. The second-order valence-electron chi connectivity index (χ2n) is 6.35. The number of anilines is 1. The van der Waals surface area contributed by atoms with Gasteiger partial charge in [0.1, 0.15) is 0 Å². The van der Waals surface area contributed by atoms with Crippen molar-refractivity contribution in [3.63, 3.8) is 0 Å². The summed E-state index contributed by atoms with van der Waals surface area (Å²) in [6, 6.07) is 20.0. The van der Waals surface area contributed by atoms with Crippen LogP contribution in [0, 0.1) is 0 Å². The minimum atomic E-state index is -0.329. The smallest absolute Gasteiger partial charge is 0.270 e. The molecule has 0 saturated heterocycles. The molecule has 0 unspecified atom stereocenters. The molecule has 8 heteroatoms. The minimum absolute atomic E-state index is 0.249. The highest BCUT2D eigenvalue weighted by Crippen LogP contribution is 2.24. The van der Waals surface area contributed by atoms with E-state index in [9.17, 15) is 4.79 Å². The van der Waals surface area contributed by atoms with Gasteiger partial charge in [-0.2, -0.15) is 0 Å². The van der Waals surface area contributed by atoms with E-state index in [1.54, 1.807) is 42.7 Å². The quantitative estimate of drug-likeness (QED) is 0.324. The monoisotopic (exact) mass is 433 g/mol. The summed E-state index contributed by atoms with van der Waals surface area (Å²) in [5, 5.41) is 4.60. The molecule has 3 N–H and O–H groups in total. The van der Waals surface area contributed by atoms with Gasteiger partial charge in [0.05, 0.1) is 16.8 Å². The number of nitrogens with zero attached hydrogens (tertiary/aromatic N) is 2. The molecule has 0 aliphatic rings. The Morgan fingerprint density at radius 1 is 0.933 bits per heavy atom. The Morgan fingerprint density at radius 3 is 2.43 bits per heavy atom. The Hall–Kier alpha value is -3.55. The Balaban J connectivity index is 1.55. The van der Waals surface area contributed by atoms with Gasteiger partial charge in [0.25, 0.3) is 5.91 Å². The average Bonchev–Trinajstić information content (AvgIpc) is 2.79. The number of halogens is 1. The number of hydrazine groups is 1. The van der Waals surface area contributed by atoms with E-state index in [0.717, 1.165) is 22.2 Å². The van der Waals surface area contributed by atoms with Gasteiger partial charge in [-0.15, -0.1) is 0 Å². The fraction of sp³-hybridized carbons (Fsp3) is 0. The number of aromatic nitrogens is 2. The average molecular weight is 434 g/mol. The Labute approximate surface area is 183 Å². The van der Waals surface area contributed by atoms with E-state index in [1.165, 1.54) is 0 Å². The zero-order valence-corrected chi connectivity index (χ0v) is 17.2. The summed E-state index contributed by atoms with van der Waals surface area (Å²) in [6.07, 6.45) is 3.38. The third kappa shape index (κ3) is 4.53. The van der Waals surface area contributed by atoms with Crippen LogP contribution >= 0.6 is 23.8 Å². The van der Waals surface area contributed by atoms with Gasteiger partial charge in [-0.1, -0.05) is 29.8 Å². The first-order valence-electron chi connectivity index (χ1n) is 9.03. The van der Waals surface area contributed by atoms with Crippen molar-refractivity contribution in [2.75, 3.05) is 5.32 Å². The molecular weight excluding hydrogens is 418 g/mol. The van der Waals surface area contributed by atoms with Gasteiger partial charge in [0.15, 0.2) is 5.11 Å². The third-order valence-corrected chi connectivity index (χ3v) is 4.78. The predicted molar refractivity (Wildman–Crippen MR) is 123 cm³/mol. The SMILES string of the molecule is O=C(NNC(=S)Nc1ccc(Cl)cc1)c1cc(-c2ccncc2)nc2ccccc12. The highest BCUT2D eigenvalue weighted by Gasteiger charge is 2.14. The van der Waals surface area contributed by atoms with E-state index >= 15 is 0 Å². The number of benzene rings is 2. The van der Waals surface area contributed by atoms with Crippen LogP contribution in [-0.4, -0.2) is 21.0 Å². The van der Waals surface area contributed by atoms with E-state index in [0.29, 0.717) is 16.3 Å². The van der Waals surface area contributed by atoms with Crippen molar-refractivity contribution in [2.45, 2.75) is 0 Å². The van der Waals surface area contributed by atoms with Gasteiger partial charge < -0.3 is 5.32 Å². The minimum Gasteiger partial charge on any atom is -0.331 e. The summed E-state index contributed by atoms with van der Waals surface area (Å²) < 4.78 is 0. The molecule has 0 saturated carbocycles. The number of carbonyl (C=O) groups is 1. The lowest BCUT2D eigenvalue weighted by atomic mass is 10.0. The summed E-state index contributed by atoms with van der Waals surface area (Å²) >= 11 is 11.1. The number of fused-ring (bicyclic) bond motifs is 1. The van der Waals surface area contributed by atoms with Gasteiger partial charge in [-0.3, -0.25) is 20.6 Å². The maximum atomic E-state index is 12.9. The van der Waals surface area contributed by atoms with Crippen molar-refractivity contribution in [3.05, 3.63) is 89.7 Å². The van der Waals surface area contributed by atoms with Crippen molar-refractivity contribution in [3.8, 4) is 11.3 Å². The Kier molecular flexibility index (Phi) is 5.83. The first-order valence-corrected chi connectivity index (χ1v) is 9.82. The number of hydrogen-bond acceptors (Lipinski definition) is 4. The van der Waals surface area contributed by atoms with Crippen molar-refractivity contribution in [2.24, 2.45) is 0 Å². The third-order valence-electron chi connectivity index (χ3n) is 4.33. The van der Waals surface area contributed by atoms with Crippen molar-refractivity contribution >= 4 is 51.4 Å². The molecular formula is C22H16ClN5OS. The molecule has 0 spiro atoms. The zero-order chi connectivity index (χ0) is 20.9. The normalized spacial score (nSPS) is 10.4. The molecule has 4 aromatic rings. The number of hydrogen-bond donors (Lipinski definition) is 3. The largest absolute Gasteiger partial charge is 0.331 e. The fourth-order valence-corrected chi connectivity index (χ4v) is 3.21. The molecule has 2 aromatic heterocycles. The van der Waals surface area contributed by atoms with E-state index in [4.69, 9.17) is 23.8 Å². The van der Waals surface area contributed by atoms with Crippen LogP contribution in [0.3, 0.4) is 0 Å². The number of nitrogens with one attached hydrogen (secondary N) is 3. The molecule has 2 heterocycles. The number of amides is 1. The van der Waals surface area contributed by atoms with Crippen LogP contribution in [-0.2, 0) is 0 Å². The van der Waals surface area contributed by atoms with Gasteiger partial charge in [-0.25, -0.2) is 4.98 Å². The topological polar surface area (TPSA) is 78.9 Å². The second kappa shape index (κ2) is 8.86. The molecule has 30 heavy (non-hydrogen) atoms. The Bertz CT molecular complexity index is 1220. The number of para-hydroxylation sites is 1. The van der Waals surface area contributed by atoms with Crippen molar-refractivity contribution < 1.29 is 4.79 Å². The van der Waals surface area contributed by atoms with Crippen LogP contribution < -0.4 is 16.2 Å². The predicted octanol–water partition coefficient (Wildman–Crippen LogP) is 4.58. The van der Waals surface area contributed by atoms with Gasteiger partial charge in [0.2, 0.25) is 0 Å². The summed E-state index contributed by atoms with van der Waals surface area (Å²) in [7, 11) is 0. The van der Waals surface area contributed by atoms with Gasteiger partial charge in [-0.05, 0) is 60.7 Å². The summed E-state index contributed by atoms with van der Waals surface area (Å²) in [5.74, 6) is -0.329. The maximum absolute atomic E-state index is 12.9. The highest BCUT2D eigenvalue weighted by molar-refractivity contribution is 7.80. The highest BCUT2D eigenvalue weighted by atomic mass is 35.5. The van der Waals surface area contributed by atoms with Crippen LogP contribution in [0.15, 0.2) is 79.1 Å². The molecule has 2 aromatic carbocycles. The molecule has 0 aliphatic carbocycles. The fourth-order valence-electron chi connectivity index (χ4n) is 2.91. The zero-order valence-electron chi connectivity index (χ0n) is 15.6. The van der Waals surface area contributed by atoms with E-state index in [2.05, 4.69) is 26.1 Å². The second-order valence-corrected chi connectivity index (χ2v) is 7.19. The number of thiocarbonyl (C=S) groups is 1. The molecule has 4 rings (SSSR count). The molecule has 1 amide bonds. The van der Waals surface area contributed by atoms with Crippen LogP contribution in [0.1, 0.15) is 10.4 Å². The van der Waals surface area contributed by atoms with Crippen molar-refractivity contribution in [1.29, 1.82) is 0 Å². The molecule has 0 aliphatic heterocycles. The molecule has 0 radical (unpaired) electrons. The van der Waals surface area contributed by atoms with Gasteiger partial charge >= 0.3 is 0 Å². The van der Waals surface area contributed by atoms with Crippen LogP contribution in [0.25, 0.3) is 22.2 Å². The maximum Gasteiger partial charge on any atom is 0.270 e. The van der Waals surface area contributed by atoms with Gasteiger partial charge in [0, 0.05) is 34.1 Å². The van der Waals surface area contributed by atoms with Crippen LogP contribution in [0.5, 0.6) is 0 Å². The molecule has 0 fully saturated rings. The lowest BCUT2D eigenvalue weighted by Gasteiger charge is -2.13. The number of carbonyl (C=O) groups excluding carboxylic acids is 1. The molecule has 148 valence electrons. The number of pyridine rings is 2. The van der Waals surface area contributed by atoms with Crippen LogP contribution in [0.4, 0.5) is 5.69 Å². The van der Waals surface area contributed by atoms with E-state index in [-0.39, 0.29) is 11.0 Å². The number of rotatable bonds is 3. The summed E-state index contributed by atoms with van der Waals surface area (Å²) in [5.41, 5.74) is 8.88. The van der Waals surface area contributed by atoms with Crippen LogP contribution in [0.2, 0.25) is 5.02 Å². The first-order chi connectivity index (χ1) is 14.6.